The molecule has 16 rings (SSSR count). The lowest BCUT2D eigenvalue weighted by molar-refractivity contribution is 0.388. The lowest BCUT2D eigenvalue weighted by Crippen LogP contribution is -2.05. The molecular weight excluding hydrogens is 749 g/mol. The zero-order valence-corrected chi connectivity index (χ0v) is 36.2. The molecule has 0 amide bonds. The average molecular weight is 807 g/mol. The highest BCUT2D eigenvalue weighted by Gasteiger charge is 2.22. The van der Waals surface area contributed by atoms with Crippen molar-refractivity contribution in [2.75, 3.05) is 71.1 Å². The van der Waals surface area contributed by atoms with E-state index in [0.717, 1.165) is 145 Å². The van der Waals surface area contributed by atoms with E-state index < -0.39 is 0 Å². The minimum absolute atomic E-state index is 0.506. The van der Waals surface area contributed by atoms with Gasteiger partial charge in [-0.05, 0) is 97.5 Å². The molecule has 0 fully saturated rings. The molecule has 0 saturated heterocycles. The fourth-order valence-electron chi connectivity index (χ4n) is 8.25. The average Bonchev–Trinajstić information content (AvgIpc) is 3.26. The van der Waals surface area contributed by atoms with E-state index in [9.17, 15) is 0 Å². The maximum Gasteiger partial charge on any atom is 0.122 e. The van der Waals surface area contributed by atoms with E-state index in [0.29, 0.717) is 25.7 Å². The minimum Gasteiger partial charge on any atom is -0.496 e. The van der Waals surface area contributed by atoms with E-state index in [2.05, 4.69) is 24.3 Å². The van der Waals surface area contributed by atoms with Gasteiger partial charge in [0.05, 0.1) is 71.1 Å². The summed E-state index contributed by atoms with van der Waals surface area (Å²) in [4.78, 5) is 0. The maximum absolute atomic E-state index is 6.02. The summed E-state index contributed by atoms with van der Waals surface area (Å²) in [6, 6.07) is 20.6. The Kier molecular flexibility index (Phi) is 14.3. The molecule has 10 heteroatoms. The molecule has 0 radical (unpaired) electrons. The van der Waals surface area contributed by atoms with Crippen molar-refractivity contribution >= 4 is 0 Å². The Balaban J connectivity index is 1.48. The van der Waals surface area contributed by atoms with Crippen LogP contribution in [0.4, 0.5) is 0 Å². The molecule has 0 aliphatic heterocycles. The number of rotatable bonds is 10. The molecule has 0 saturated carbocycles. The SMILES string of the molecule is COc1cc2c(OC)cc1CCCCCc1cc(OC)c(cc1OC)Cc1cc(OC)c(cc1OC)Cc1cc(OC)c(cc1OC)Cc1cc(OC)c(cc1OC)C2. The van der Waals surface area contributed by atoms with Crippen LogP contribution in [0.1, 0.15) is 74.9 Å². The van der Waals surface area contributed by atoms with Gasteiger partial charge >= 0.3 is 0 Å². The number of ether oxygens (including phenoxy) is 10. The van der Waals surface area contributed by atoms with Gasteiger partial charge in [0.15, 0.2) is 0 Å². The normalized spacial score (nSPS) is 13.0. The third-order valence-electron chi connectivity index (χ3n) is 11.3. The summed E-state index contributed by atoms with van der Waals surface area (Å²) in [6.45, 7) is 0. The summed E-state index contributed by atoms with van der Waals surface area (Å²) in [7, 11) is 17.0. The Morgan fingerprint density at radius 1 is 0.220 bits per heavy atom. The van der Waals surface area contributed by atoms with Crippen molar-refractivity contribution in [3.05, 3.63) is 116 Å². The van der Waals surface area contributed by atoms with Gasteiger partial charge in [0, 0.05) is 70.2 Å². The van der Waals surface area contributed by atoms with Gasteiger partial charge in [0.1, 0.15) is 57.5 Å². The monoisotopic (exact) mass is 806 g/mol. The molecule has 0 spiro atoms. The standard InChI is InChI=1S/C49H58O10/c1-50-40-22-32-16-34-24-46(56-7)36(26-44(34)54-5)18-38-28-49(59-10)39(29-48(38)58-9)19-37-27-45(55-6)35(25-47(37)57-8)17-33-23-41(51-2)31(21-43(33)53-4)15-13-11-12-14-30(40)20-42(32)52-3/h20-29H,11-19H2,1-10H3. The van der Waals surface area contributed by atoms with Crippen LogP contribution in [0, 0.1) is 0 Å². The fraction of sp³-hybridized carbons (Fsp3) is 0.388. The number of hydrogen-bond acceptors (Lipinski definition) is 10. The number of methoxy groups -OCH3 is 10. The molecule has 0 unspecified atom stereocenters. The van der Waals surface area contributed by atoms with Gasteiger partial charge < -0.3 is 47.4 Å². The molecule has 5 aromatic carbocycles. The molecule has 10 nitrogen and oxygen atoms in total. The smallest absolute Gasteiger partial charge is 0.122 e. The van der Waals surface area contributed by atoms with Crippen LogP contribution >= 0.6 is 0 Å². The van der Waals surface area contributed by atoms with E-state index in [1.165, 1.54) is 0 Å². The number of benzene rings is 5. The van der Waals surface area contributed by atoms with Gasteiger partial charge in [-0.2, -0.15) is 0 Å². The van der Waals surface area contributed by atoms with Gasteiger partial charge in [-0.1, -0.05) is 6.42 Å². The predicted molar refractivity (Wildman–Crippen MR) is 230 cm³/mol. The Bertz CT molecular complexity index is 2090. The first-order valence-electron chi connectivity index (χ1n) is 19.9. The van der Waals surface area contributed by atoms with Crippen LogP contribution in [0.25, 0.3) is 0 Å². The highest BCUT2D eigenvalue weighted by atomic mass is 16.5. The summed E-state index contributed by atoms with van der Waals surface area (Å²) < 4.78 is 59.9. The summed E-state index contributed by atoms with van der Waals surface area (Å²) in [5.41, 5.74) is 9.85. The van der Waals surface area contributed by atoms with Crippen molar-refractivity contribution in [3.63, 3.8) is 0 Å². The molecule has 0 N–H and O–H groups in total. The molecule has 0 heterocycles. The van der Waals surface area contributed by atoms with Crippen molar-refractivity contribution in [1.29, 1.82) is 0 Å². The third kappa shape index (κ3) is 9.38. The van der Waals surface area contributed by atoms with E-state index in [1.54, 1.807) is 71.1 Å². The van der Waals surface area contributed by atoms with E-state index in [1.807, 2.05) is 36.4 Å². The van der Waals surface area contributed by atoms with Crippen molar-refractivity contribution in [3.8, 4) is 57.5 Å². The molecule has 0 aromatic heterocycles. The Labute approximate surface area is 349 Å². The van der Waals surface area contributed by atoms with Crippen LogP contribution in [-0.4, -0.2) is 71.1 Å². The zero-order valence-electron chi connectivity index (χ0n) is 36.2. The first-order valence-corrected chi connectivity index (χ1v) is 19.9. The van der Waals surface area contributed by atoms with Gasteiger partial charge in [0.25, 0.3) is 0 Å². The van der Waals surface area contributed by atoms with Gasteiger partial charge in [-0.15, -0.1) is 0 Å². The van der Waals surface area contributed by atoms with Crippen LogP contribution in [0.15, 0.2) is 60.7 Å². The molecule has 59 heavy (non-hydrogen) atoms. The molecule has 314 valence electrons. The lowest BCUT2D eigenvalue weighted by atomic mass is 9.94. The Hall–Kier alpha value is -5.90. The Morgan fingerprint density at radius 3 is 0.542 bits per heavy atom. The van der Waals surface area contributed by atoms with E-state index in [-0.39, 0.29) is 0 Å². The van der Waals surface area contributed by atoms with Gasteiger partial charge in [-0.25, -0.2) is 0 Å². The molecule has 10 bridgehead atoms. The molecule has 0 atom stereocenters. The highest BCUT2D eigenvalue weighted by Crippen LogP contribution is 2.41. The minimum atomic E-state index is 0.506. The van der Waals surface area contributed by atoms with Crippen LogP contribution in [0.3, 0.4) is 0 Å². The second-order valence-corrected chi connectivity index (χ2v) is 14.6. The fourth-order valence-corrected chi connectivity index (χ4v) is 8.25. The van der Waals surface area contributed by atoms with Crippen LogP contribution in [-0.2, 0) is 38.5 Å². The zero-order chi connectivity index (χ0) is 42.1. The Morgan fingerprint density at radius 2 is 0.373 bits per heavy atom. The van der Waals surface area contributed by atoms with Gasteiger partial charge in [0.2, 0.25) is 0 Å². The summed E-state index contributed by atoms with van der Waals surface area (Å²) in [5.74, 6) is 7.67. The van der Waals surface area contributed by atoms with Crippen molar-refractivity contribution in [1.82, 2.24) is 0 Å². The first kappa shape index (κ1) is 42.7. The van der Waals surface area contributed by atoms with Crippen molar-refractivity contribution in [2.45, 2.75) is 57.8 Å². The predicted octanol–water partition coefficient (Wildman–Crippen LogP) is 9.40. The molecular formula is C49H58O10. The van der Waals surface area contributed by atoms with Gasteiger partial charge in [-0.3, -0.25) is 0 Å². The topological polar surface area (TPSA) is 92.3 Å². The maximum atomic E-state index is 6.02. The summed E-state index contributed by atoms with van der Waals surface area (Å²) >= 11 is 0. The lowest BCUT2D eigenvalue weighted by Gasteiger charge is -2.20. The van der Waals surface area contributed by atoms with E-state index >= 15 is 0 Å². The molecule has 5 aromatic rings. The van der Waals surface area contributed by atoms with Crippen molar-refractivity contribution in [2.24, 2.45) is 0 Å². The van der Waals surface area contributed by atoms with Crippen molar-refractivity contribution < 1.29 is 47.4 Å². The highest BCUT2D eigenvalue weighted by molar-refractivity contribution is 5.58. The van der Waals surface area contributed by atoms with E-state index in [4.69, 9.17) is 47.4 Å². The van der Waals surface area contributed by atoms with Crippen LogP contribution in [0.2, 0.25) is 0 Å². The molecule has 11 aliphatic carbocycles. The summed E-state index contributed by atoms with van der Waals surface area (Å²) in [6.07, 6.45) is 6.80. The van der Waals surface area contributed by atoms with Crippen LogP contribution in [0.5, 0.6) is 57.5 Å². The second-order valence-electron chi connectivity index (χ2n) is 14.6. The number of fused-ring (bicyclic) bond motifs is 1. The third-order valence-corrected chi connectivity index (χ3v) is 11.3. The number of hydrogen-bond donors (Lipinski definition) is 0. The number of aryl methyl sites for hydroxylation is 2. The first-order chi connectivity index (χ1) is 28.7. The largest absolute Gasteiger partial charge is 0.496 e. The van der Waals surface area contributed by atoms with Crippen LogP contribution < -0.4 is 47.4 Å². The summed E-state index contributed by atoms with van der Waals surface area (Å²) in [5, 5.41) is 0. The second kappa shape index (κ2) is 19.7. The quantitative estimate of drug-likeness (QED) is 0.136. The molecule has 11 aliphatic rings.